The number of carbonyl (C=O) groups is 1. The van der Waals surface area contributed by atoms with Crippen molar-refractivity contribution in [1.82, 2.24) is 10.6 Å². The third kappa shape index (κ3) is 8.76. The number of ether oxygens (including phenoxy) is 2. The quantitative estimate of drug-likeness (QED) is 0.0774. The Labute approximate surface area is 170 Å². The number of aliphatic imine (C=N–C) groups is 1. The summed E-state index contributed by atoms with van der Waals surface area (Å²) >= 11 is 0. The summed E-state index contributed by atoms with van der Waals surface area (Å²) in [5, 5.41) is 26.3. The molecule has 1 rings (SSSR count). The zero-order valence-electron chi connectivity index (χ0n) is 16.6. The first-order valence-electron chi connectivity index (χ1n) is 9.67. The molecule has 0 unspecified atom stereocenters. The Morgan fingerprint density at radius 3 is 2.55 bits per heavy atom. The predicted octanol–water partition coefficient (Wildman–Crippen LogP) is -5.18. The molecule has 1 aliphatic heterocycles. The first-order valence-corrected chi connectivity index (χ1v) is 9.67. The molecule has 14 N–H and O–H groups in total. The summed E-state index contributed by atoms with van der Waals surface area (Å²) in [5.41, 5.74) is 27.4. The molecule has 13 nitrogen and oxygen atoms in total. The van der Waals surface area contributed by atoms with Crippen LogP contribution in [0.25, 0.3) is 0 Å². The lowest BCUT2D eigenvalue weighted by atomic mass is 9.96. The van der Waals surface area contributed by atoms with Crippen molar-refractivity contribution < 1.29 is 24.5 Å². The monoisotopic (exact) mass is 420 g/mol. The van der Waals surface area contributed by atoms with Gasteiger partial charge in [-0.25, -0.2) is 0 Å². The number of guanidine groups is 1. The number of carbonyl (C=O) groups excluding carboxylic acids is 1. The number of hydrogen-bond donors (Lipinski definition) is 9. The van der Waals surface area contributed by atoms with Gasteiger partial charge in [-0.3, -0.25) is 9.79 Å². The van der Waals surface area contributed by atoms with Crippen molar-refractivity contribution in [3.05, 3.63) is 0 Å². The maximum atomic E-state index is 12.4. The highest BCUT2D eigenvalue weighted by Gasteiger charge is 2.45. The van der Waals surface area contributed by atoms with Gasteiger partial charge in [0.05, 0.1) is 12.6 Å². The molecule has 0 aromatic rings. The first-order chi connectivity index (χ1) is 13.8. The molecule has 1 aliphatic rings. The van der Waals surface area contributed by atoms with Gasteiger partial charge in [0, 0.05) is 32.7 Å². The zero-order chi connectivity index (χ0) is 21.8. The Hall–Kier alpha value is -1.58. The maximum absolute atomic E-state index is 12.4. The van der Waals surface area contributed by atoms with Gasteiger partial charge in [-0.15, -0.1) is 0 Å². The van der Waals surface area contributed by atoms with Gasteiger partial charge in [-0.2, -0.15) is 0 Å². The molecule has 170 valence electrons. The maximum Gasteiger partial charge on any atom is 0.237 e. The fourth-order valence-electron chi connectivity index (χ4n) is 2.82. The van der Waals surface area contributed by atoms with Crippen molar-refractivity contribution in [2.75, 3.05) is 39.3 Å². The van der Waals surface area contributed by atoms with Gasteiger partial charge in [-0.1, -0.05) is 0 Å². The minimum Gasteiger partial charge on any atom is -0.388 e. The SMILES string of the molecule is NCCNCCO[C@H]1O[C@H](CN)[C@@H](O)[C@H](O)[C@H]1NC(=O)[C@@H](N)CCCN=C(N)N. The molecule has 13 heteroatoms. The van der Waals surface area contributed by atoms with Gasteiger partial charge in [0.1, 0.15) is 24.4 Å². The van der Waals surface area contributed by atoms with Crippen LogP contribution in [0.15, 0.2) is 4.99 Å². The minimum atomic E-state index is -1.34. The molecule has 0 radical (unpaired) electrons. The highest BCUT2D eigenvalue weighted by Crippen LogP contribution is 2.22. The Morgan fingerprint density at radius 2 is 1.93 bits per heavy atom. The van der Waals surface area contributed by atoms with Gasteiger partial charge in [0.15, 0.2) is 12.2 Å². The summed E-state index contributed by atoms with van der Waals surface area (Å²) in [5.74, 6) is -0.550. The summed E-state index contributed by atoms with van der Waals surface area (Å²) in [6.07, 6.45) is -3.61. The van der Waals surface area contributed by atoms with Crippen LogP contribution < -0.4 is 39.3 Å². The second kappa shape index (κ2) is 13.6. The van der Waals surface area contributed by atoms with Gasteiger partial charge in [0.2, 0.25) is 5.91 Å². The van der Waals surface area contributed by atoms with Crippen LogP contribution in [-0.4, -0.2) is 98.1 Å². The average Bonchev–Trinajstić information content (AvgIpc) is 2.69. The lowest BCUT2D eigenvalue weighted by molar-refractivity contribution is -0.261. The molecular formula is C16H36N8O5. The summed E-state index contributed by atoms with van der Waals surface area (Å²) in [6, 6.07) is -1.87. The molecule has 0 spiro atoms. The fraction of sp³-hybridized carbons (Fsp3) is 0.875. The first kappa shape index (κ1) is 25.5. The number of aliphatic hydroxyl groups excluding tert-OH is 2. The van der Waals surface area contributed by atoms with Crippen LogP contribution in [0.5, 0.6) is 0 Å². The predicted molar refractivity (Wildman–Crippen MR) is 107 cm³/mol. The Balaban J connectivity index is 2.65. The number of nitrogens with zero attached hydrogens (tertiary/aromatic N) is 1. The number of rotatable bonds is 13. The van der Waals surface area contributed by atoms with E-state index in [1.165, 1.54) is 0 Å². The fourth-order valence-corrected chi connectivity index (χ4v) is 2.82. The number of amides is 1. The Morgan fingerprint density at radius 1 is 1.21 bits per heavy atom. The van der Waals surface area contributed by atoms with Crippen molar-refractivity contribution in [3.8, 4) is 0 Å². The summed E-state index contributed by atoms with van der Waals surface area (Å²) in [7, 11) is 0. The van der Waals surface area contributed by atoms with Crippen LogP contribution in [0, 0.1) is 0 Å². The van der Waals surface area contributed by atoms with Crippen LogP contribution in [0.2, 0.25) is 0 Å². The molecule has 1 heterocycles. The molecule has 29 heavy (non-hydrogen) atoms. The normalized spacial score (nSPS) is 28.0. The molecule has 0 bridgehead atoms. The smallest absolute Gasteiger partial charge is 0.237 e. The van der Waals surface area contributed by atoms with Gasteiger partial charge >= 0.3 is 0 Å². The molecule has 0 aromatic heterocycles. The third-order valence-electron chi connectivity index (χ3n) is 4.43. The number of hydrogen-bond acceptors (Lipinski definition) is 10. The van der Waals surface area contributed by atoms with E-state index in [-0.39, 0.29) is 19.1 Å². The number of aliphatic hydroxyl groups is 2. The molecular weight excluding hydrogens is 384 g/mol. The van der Waals surface area contributed by atoms with Crippen molar-refractivity contribution in [1.29, 1.82) is 0 Å². The Bertz CT molecular complexity index is 508. The highest BCUT2D eigenvalue weighted by molar-refractivity contribution is 5.81. The molecule has 0 saturated carbocycles. The van der Waals surface area contributed by atoms with Crippen molar-refractivity contribution >= 4 is 11.9 Å². The minimum absolute atomic E-state index is 0.0194. The largest absolute Gasteiger partial charge is 0.388 e. The van der Waals surface area contributed by atoms with Crippen LogP contribution in [0.3, 0.4) is 0 Å². The Kier molecular flexibility index (Phi) is 11.9. The third-order valence-corrected chi connectivity index (χ3v) is 4.43. The summed E-state index contributed by atoms with van der Waals surface area (Å²) < 4.78 is 11.3. The zero-order valence-corrected chi connectivity index (χ0v) is 16.6. The van der Waals surface area contributed by atoms with Crippen LogP contribution in [0.1, 0.15) is 12.8 Å². The van der Waals surface area contributed by atoms with E-state index in [2.05, 4.69) is 15.6 Å². The summed E-state index contributed by atoms with van der Waals surface area (Å²) in [4.78, 5) is 16.3. The standard InChI is InChI=1S/C16H36N8O5/c17-3-5-22-6-7-28-15-11(13(26)12(25)10(8-18)29-15)24-14(27)9(19)2-1-4-23-16(20)21/h9-13,15,22,25-26H,1-8,17-19H2,(H,24,27)(H4,20,21,23)/t9-,10+,11+,12+,13+,15-/m0/s1. The molecule has 6 atom stereocenters. The van der Waals surface area contributed by atoms with E-state index in [4.69, 9.17) is 38.1 Å². The van der Waals surface area contributed by atoms with E-state index >= 15 is 0 Å². The topological polar surface area (TPSA) is 243 Å². The molecule has 0 aliphatic carbocycles. The van der Waals surface area contributed by atoms with E-state index in [0.29, 0.717) is 39.0 Å². The lowest BCUT2D eigenvalue weighted by Crippen LogP contribution is -2.66. The van der Waals surface area contributed by atoms with E-state index in [0.717, 1.165) is 0 Å². The van der Waals surface area contributed by atoms with Crippen LogP contribution >= 0.6 is 0 Å². The molecule has 1 fully saturated rings. The lowest BCUT2D eigenvalue weighted by Gasteiger charge is -2.42. The van der Waals surface area contributed by atoms with E-state index in [1.807, 2.05) is 0 Å². The van der Waals surface area contributed by atoms with Crippen molar-refractivity contribution in [2.24, 2.45) is 33.7 Å². The van der Waals surface area contributed by atoms with E-state index in [1.54, 1.807) is 0 Å². The summed E-state index contributed by atoms with van der Waals surface area (Å²) in [6.45, 7) is 2.16. The highest BCUT2D eigenvalue weighted by atomic mass is 16.7. The van der Waals surface area contributed by atoms with Gasteiger partial charge in [0.25, 0.3) is 0 Å². The van der Waals surface area contributed by atoms with Gasteiger partial charge < -0.3 is 59.0 Å². The second-order valence-electron chi connectivity index (χ2n) is 6.76. The number of nitrogens with two attached hydrogens (primary N) is 5. The second-order valence-corrected chi connectivity index (χ2v) is 6.76. The number of nitrogens with one attached hydrogen (secondary N) is 2. The average molecular weight is 421 g/mol. The van der Waals surface area contributed by atoms with Crippen LogP contribution in [0.4, 0.5) is 0 Å². The van der Waals surface area contributed by atoms with E-state index in [9.17, 15) is 15.0 Å². The molecule has 0 aromatic carbocycles. The van der Waals surface area contributed by atoms with Gasteiger partial charge in [-0.05, 0) is 12.8 Å². The molecule has 1 amide bonds. The van der Waals surface area contributed by atoms with E-state index < -0.39 is 42.6 Å². The van der Waals surface area contributed by atoms with Crippen molar-refractivity contribution in [2.45, 2.75) is 49.5 Å². The van der Waals surface area contributed by atoms with Crippen molar-refractivity contribution in [3.63, 3.8) is 0 Å². The van der Waals surface area contributed by atoms with Crippen LogP contribution in [-0.2, 0) is 14.3 Å². The molecule has 1 saturated heterocycles.